The molecule has 15 heavy (non-hydrogen) atoms. The average Bonchev–Trinajstić information content (AvgIpc) is 2.99. The summed E-state index contributed by atoms with van der Waals surface area (Å²) >= 11 is 0. The van der Waals surface area contributed by atoms with Crippen LogP contribution in [0.5, 0.6) is 0 Å². The summed E-state index contributed by atoms with van der Waals surface area (Å²) in [6, 6.07) is 1.37. The molecule has 0 bridgehead atoms. The first-order valence-corrected chi connectivity index (χ1v) is 6.61. The Kier molecular flexibility index (Phi) is 5.62. The Morgan fingerprint density at radius 2 is 1.93 bits per heavy atom. The summed E-state index contributed by atoms with van der Waals surface area (Å²) in [5.74, 6) is 1.01. The molecule has 1 fully saturated rings. The van der Waals surface area contributed by atoms with Crippen LogP contribution < -0.4 is 5.32 Å². The molecule has 0 aromatic rings. The molecule has 0 saturated heterocycles. The monoisotopic (exact) mass is 212 g/mol. The second-order valence-corrected chi connectivity index (χ2v) is 5.30. The molecule has 1 atom stereocenters. The first-order valence-electron chi connectivity index (χ1n) is 6.61. The lowest BCUT2D eigenvalue weighted by atomic mass is 10.2. The topological polar surface area (TPSA) is 15.3 Å². The van der Waals surface area contributed by atoms with Crippen molar-refractivity contribution in [3.05, 3.63) is 0 Å². The van der Waals surface area contributed by atoms with Crippen LogP contribution >= 0.6 is 0 Å². The van der Waals surface area contributed by atoms with Crippen LogP contribution in [0.15, 0.2) is 0 Å². The van der Waals surface area contributed by atoms with Crippen molar-refractivity contribution < 1.29 is 0 Å². The van der Waals surface area contributed by atoms with Gasteiger partial charge in [-0.05, 0) is 46.0 Å². The molecule has 1 aliphatic carbocycles. The largest absolute Gasteiger partial charge is 0.313 e. The number of nitrogens with zero attached hydrogens (tertiary/aromatic N) is 1. The first-order chi connectivity index (χ1) is 7.13. The Morgan fingerprint density at radius 1 is 1.27 bits per heavy atom. The highest BCUT2D eigenvalue weighted by Gasteiger charge is 2.25. The van der Waals surface area contributed by atoms with Crippen molar-refractivity contribution in [2.45, 2.75) is 59.0 Å². The van der Waals surface area contributed by atoms with Gasteiger partial charge < -0.3 is 5.32 Å². The van der Waals surface area contributed by atoms with Crippen molar-refractivity contribution in [2.75, 3.05) is 19.6 Å². The molecule has 0 amide bonds. The first kappa shape index (κ1) is 13.0. The second kappa shape index (κ2) is 6.49. The third kappa shape index (κ3) is 5.53. The van der Waals surface area contributed by atoms with Gasteiger partial charge in [0.05, 0.1) is 0 Å². The molecule has 0 aromatic heterocycles. The fourth-order valence-corrected chi connectivity index (χ4v) is 1.79. The number of rotatable bonds is 8. The van der Waals surface area contributed by atoms with Crippen LogP contribution in [-0.2, 0) is 0 Å². The standard InChI is InChI=1S/C13H28N2/c1-5-12(4)14-8-9-15(11(2)3)10-13-6-7-13/h11-14H,5-10H2,1-4H3. The second-order valence-electron chi connectivity index (χ2n) is 5.30. The van der Waals surface area contributed by atoms with E-state index >= 15 is 0 Å². The van der Waals surface area contributed by atoms with Crippen molar-refractivity contribution >= 4 is 0 Å². The summed E-state index contributed by atoms with van der Waals surface area (Å²) < 4.78 is 0. The molecule has 0 spiro atoms. The predicted molar refractivity (Wildman–Crippen MR) is 67.2 cm³/mol. The van der Waals surface area contributed by atoms with E-state index in [1.165, 1.54) is 32.4 Å². The molecular weight excluding hydrogens is 184 g/mol. The van der Waals surface area contributed by atoms with Crippen molar-refractivity contribution in [1.82, 2.24) is 10.2 Å². The number of nitrogens with one attached hydrogen (secondary N) is 1. The summed E-state index contributed by atoms with van der Waals surface area (Å²) in [6.45, 7) is 12.8. The Morgan fingerprint density at radius 3 is 2.40 bits per heavy atom. The predicted octanol–water partition coefficient (Wildman–Crippen LogP) is 2.49. The molecule has 0 radical (unpaired) electrons. The highest BCUT2D eigenvalue weighted by molar-refractivity contribution is 4.79. The van der Waals surface area contributed by atoms with Crippen molar-refractivity contribution in [3.8, 4) is 0 Å². The molecule has 0 aromatic carbocycles. The minimum atomic E-state index is 0.667. The van der Waals surface area contributed by atoms with E-state index in [9.17, 15) is 0 Å². The van der Waals surface area contributed by atoms with Crippen molar-refractivity contribution in [1.29, 1.82) is 0 Å². The van der Waals surface area contributed by atoms with E-state index in [4.69, 9.17) is 0 Å². The number of hydrogen-bond acceptors (Lipinski definition) is 2. The molecule has 1 rings (SSSR count). The van der Waals surface area contributed by atoms with Gasteiger partial charge in [0.25, 0.3) is 0 Å². The zero-order chi connectivity index (χ0) is 11.3. The zero-order valence-electron chi connectivity index (χ0n) is 10.9. The normalized spacial score (nSPS) is 18.8. The summed E-state index contributed by atoms with van der Waals surface area (Å²) in [5, 5.41) is 3.57. The number of hydrogen-bond donors (Lipinski definition) is 1. The minimum absolute atomic E-state index is 0.667. The molecule has 90 valence electrons. The highest BCUT2D eigenvalue weighted by Crippen LogP contribution is 2.30. The van der Waals surface area contributed by atoms with Crippen LogP contribution in [0.1, 0.15) is 47.0 Å². The zero-order valence-corrected chi connectivity index (χ0v) is 10.9. The van der Waals surface area contributed by atoms with Crippen LogP contribution in [-0.4, -0.2) is 36.6 Å². The summed E-state index contributed by atoms with van der Waals surface area (Å²) in [4.78, 5) is 2.62. The lowest BCUT2D eigenvalue weighted by Crippen LogP contribution is -2.40. The van der Waals surface area contributed by atoms with E-state index < -0.39 is 0 Å². The maximum absolute atomic E-state index is 3.57. The molecule has 1 unspecified atom stereocenters. The van der Waals surface area contributed by atoms with E-state index in [-0.39, 0.29) is 0 Å². The van der Waals surface area contributed by atoms with Gasteiger partial charge in [-0.15, -0.1) is 0 Å². The van der Waals surface area contributed by atoms with Gasteiger partial charge in [0.15, 0.2) is 0 Å². The van der Waals surface area contributed by atoms with Gasteiger partial charge in [-0.25, -0.2) is 0 Å². The summed E-state index contributed by atoms with van der Waals surface area (Å²) in [5.41, 5.74) is 0. The van der Waals surface area contributed by atoms with Crippen LogP contribution in [0.3, 0.4) is 0 Å². The molecule has 1 saturated carbocycles. The van der Waals surface area contributed by atoms with Crippen LogP contribution in [0.2, 0.25) is 0 Å². The van der Waals surface area contributed by atoms with Gasteiger partial charge in [-0.2, -0.15) is 0 Å². The van der Waals surface area contributed by atoms with Crippen molar-refractivity contribution in [2.24, 2.45) is 5.92 Å². The smallest absolute Gasteiger partial charge is 0.0110 e. The molecule has 1 aliphatic rings. The lowest BCUT2D eigenvalue weighted by Gasteiger charge is -2.27. The molecule has 1 N–H and O–H groups in total. The highest BCUT2D eigenvalue weighted by atomic mass is 15.2. The summed E-state index contributed by atoms with van der Waals surface area (Å²) in [7, 11) is 0. The molecule has 2 heteroatoms. The third-order valence-corrected chi connectivity index (χ3v) is 3.42. The van der Waals surface area contributed by atoms with Gasteiger partial charge in [0.1, 0.15) is 0 Å². The fourth-order valence-electron chi connectivity index (χ4n) is 1.79. The van der Waals surface area contributed by atoms with E-state index in [1.807, 2.05) is 0 Å². The fraction of sp³-hybridized carbons (Fsp3) is 1.00. The van der Waals surface area contributed by atoms with Crippen molar-refractivity contribution in [3.63, 3.8) is 0 Å². The summed E-state index contributed by atoms with van der Waals surface area (Å²) in [6.07, 6.45) is 4.15. The average molecular weight is 212 g/mol. The Hall–Kier alpha value is -0.0800. The molecule has 0 aliphatic heterocycles. The van der Waals surface area contributed by atoms with E-state index in [2.05, 4.69) is 37.9 Å². The van der Waals surface area contributed by atoms with Gasteiger partial charge in [-0.3, -0.25) is 4.90 Å². The van der Waals surface area contributed by atoms with Crippen LogP contribution in [0.4, 0.5) is 0 Å². The minimum Gasteiger partial charge on any atom is -0.313 e. The molecule has 0 heterocycles. The SMILES string of the molecule is CCC(C)NCCN(CC1CC1)C(C)C. The van der Waals surface area contributed by atoms with Gasteiger partial charge >= 0.3 is 0 Å². The van der Waals surface area contributed by atoms with Gasteiger partial charge in [0.2, 0.25) is 0 Å². The van der Waals surface area contributed by atoms with Crippen LogP contribution in [0, 0.1) is 5.92 Å². The Bertz CT molecular complexity index is 164. The Labute approximate surface area is 95.4 Å². The van der Waals surface area contributed by atoms with Gasteiger partial charge in [-0.1, -0.05) is 6.92 Å². The third-order valence-electron chi connectivity index (χ3n) is 3.42. The van der Waals surface area contributed by atoms with Crippen LogP contribution in [0.25, 0.3) is 0 Å². The van der Waals surface area contributed by atoms with E-state index in [0.29, 0.717) is 12.1 Å². The van der Waals surface area contributed by atoms with Gasteiger partial charge in [0, 0.05) is 31.7 Å². The molecule has 2 nitrogen and oxygen atoms in total. The van der Waals surface area contributed by atoms with E-state index in [1.54, 1.807) is 0 Å². The molecular formula is C13H28N2. The van der Waals surface area contributed by atoms with E-state index in [0.717, 1.165) is 12.5 Å². The Balaban J connectivity index is 2.13. The quantitative estimate of drug-likeness (QED) is 0.665. The maximum atomic E-state index is 3.57. The lowest BCUT2D eigenvalue weighted by molar-refractivity contribution is 0.210. The maximum Gasteiger partial charge on any atom is 0.0110 e.